The monoisotopic (exact) mass is 373 g/mol. The Labute approximate surface area is 153 Å². The maximum Gasteiger partial charge on any atom is 0.307 e. The number of ether oxygens (including phenoxy) is 1. The molecule has 0 aliphatic heterocycles. The van der Waals surface area contributed by atoms with E-state index in [0.29, 0.717) is 22.3 Å². The average Bonchev–Trinajstić information content (AvgIpc) is 3.21. The molecule has 0 atom stereocenters. The van der Waals surface area contributed by atoms with Crippen LogP contribution in [0.4, 0.5) is 0 Å². The lowest BCUT2D eigenvalue weighted by molar-refractivity contribution is -0.140. The number of carbonyl (C=O) groups is 2. The molecule has 0 aromatic carbocycles. The second-order valence-electron chi connectivity index (χ2n) is 6.00. The highest BCUT2D eigenvalue weighted by Crippen LogP contribution is 2.18. The van der Waals surface area contributed by atoms with Gasteiger partial charge >= 0.3 is 5.97 Å². The Balaban J connectivity index is 1.84. The summed E-state index contributed by atoms with van der Waals surface area (Å²) < 4.78 is 7.90. The number of thiophene rings is 1. The third-order valence-electron chi connectivity index (χ3n) is 4.41. The second kappa shape index (κ2) is 7.25. The zero-order valence-corrected chi connectivity index (χ0v) is 15.6. The number of methoxy groups -OCH3 is 1. The van der Waals surface area contributed by atoms with Crippen molar-refractivity contribution in [2.24, 2.45) is 0 Å². The van der Waals surface area contributed by atoms with E-state index in [1.165, 1.54) is 29.3 Å². The summed E-state index contributed by atoms with van der Waals surface area (Å²) in [6, 6.07) is 3.51. The van der Waals surface area contributed by atoms with E-state index in [2.05, 4.69) is 9.72 Å². The number of rotatable bonds is 6. The maximum atomic E-state index is 12.7. The molecular formula is C18H19N3O4S. The Kier molecular flexibility index (Phi) is 5.03. The minimum atomic E-state index is -0.299. The van der Waals surface area contributed by atoms with Crippen LogP contribution < -0.4 is 5.56 Å². The number of esters is 1. The normalized spacial score (nSPS) is 11.0. The zero-order valence-electron chi connectivity index (χ0n) is 14.8. The van der Waals surface area contributed by atoms with Crippen LogP contribution in [0.5, 0.6) is 0 Å². The van der Waals surface area contributed by atoms with Crippen molar-refractivity contribution in [3.8, 4) is 0 Å². The summed E-state index contributed by atoms with van der Waals surface area (Å²) in [5.41, 5.74) is 1.98. The van der Waals surface area contributed by atoms with Crippen molar-refractivity contribution in [1.82, 2.24) is 14.1 Å². The molecule has 7 nitrogen and oxygen atoms in total. The minimum absolute atomic E-state index is 0.0705. The van der Waals surface area contributed by atoms with Crippen LogP contribution in [0, 0.1) is 13.8 Å². The quantitative estimate of drug-likeness (QED) is 0.489. The molecule has 136 valence electrons. The van der Waals surface area contributed by atoms with Crippen LogP contribution >= 0.6 is 11.3 Å². The van der Waals surface area contributed by atoms with Gasteiger partial charge in [0.1, 0.15) is 4.83 Å². The number of Topliss-reactive ketones (excluding diaryl/α,β-unsaturated/α-hetero) is 1. The van der Waals surface area contributed by atoms with Crippen molar-refractivity contribution in [3.05, 3.63) is 51.1 Å². The standard InChI is InChI=1S/C18H19N3O4S/c1-11-8-14(12(2)21(11)6-4-16(23)25-3)15(22)9-20-10-19-17-13(18(20)24)5-7-26-17/h5,7-8,10H,4,6,9H2,1-3H3. The van der Waals surface area contributed by atoms with Crippen LogP contribution in [0.3, 0.4) is 0 Å². The molecule has 0 amide bonds. The van der Waals surface area contributed by atoms with Crippen LogP contribution in [0.1, 0.15) is 28.2 Å². The third-order valence-corrected chi connectivity index (χ3v) is 5.23. The predicted octanol–water partition coefficient (Wildman–Crippen LogP) is 2.32. The van der Waals surface area contributed by atoms with Gasteiger partial charge in [-0.15, -0.1) is 11.3 Å². The maximum absolute atomic E-state index is 12.7. The molecule has 0 aliphatic rings. The summed E-state index contributed by atoms with van der Waals surface area (Å²) in [7, 11) is 1.35. The van der Waals surface area contributed by atoms with Crippen LogP contribution in [0.25, 0.3) is 10.2 Å². The van der Waals surface area contributed by atoms with Gasteiger partial charge in [0.2, 0.25) is 0 Å². The van der Waals surface area contributed by atoms with Crippen molar-refractivity contribution in [2.45, 2.75) is 33.4 Å². The molecule has 0 radical (unpaired) electrons. The molecule has 0 saturated carbocycles. The summed E-state index contributed by atoms with van der Waals surface area (Å²) in [6.07, 6.45) is 1.65. The predicted molar refractivity (Wildman–Crippen MR) is 98.7 cm³/mol. The summed E-state index contributed by atoms with van der Waals surface area (Å²) in [4.78, 5) is 41.4. The fourth-order valence-electron chi connectivity index (χ4n) is 2.98. The highest BCUT2D eigenvalue weighted by atomic mass is 32.1. The van der Waals surface area contributed by atoms with Gasteiger partial charge in [-0.3, -0.25) is 19.0 Å². The molecule has 0 unspecified atom stereocenters. The van der Waals surface area contributed by atoms with E-state index in [1.54, 1.807) is 17.5 Å². The van der Waals surface area contributed by atoms with E-state index in [4.69, 9.17) is 0 Å². The molecule has 3 aromatic rings. The molecule has 0 spiro atoms. The van der Waals surface area contributed by atoms with E-state index >= 15 is 0 Å². The van der Waals surface area contributed by atoms with Crippen LogP contribution in [0.2, 0.25) is 0 Å². The van der Waals surface area contributed by atoms with Crippen molar-refractivity contribution < 1.29 is 14.3 Å². The van der Waals surface area contributed by atoms with Gasteiger partial charge in [0, 0.05) is 23.5 Å². The Morgan fingerprint density at radius 2 is 2.08 bits per heavy atom. The zero-order chi connectivity index (χ0) is 18.8. The molecule has 0 bridgehead atoms. The fourth-order valence-corrected chi connectivity index (χ4v) is 3.70. The molecule has 3 aromatic heterocycles. The van der Waals surface area contributed by atoms with Gasteiger partial charge in [-0.1, -0.05) is 0 Å². The van der Waals surface area contributed by atoms with Gasteiger partial charge < -0.3 is 9.30 Å². The molecule has 26 heavy (non-hydrogen) atoms. The lowest BCUT2D eigenvalue weighted by Crippen LogP contribution is -2.24. The largest absolute Gasteiger partial charge is 0.469 e. The van der Waals surface area contributed by atoms with E-state index in [-0.39, 0.29) is 30.3 Å². The number of aryl methyl sites for hydroxylation is 1. The molecule has 3 heterocycles. The molecule has 8 heteroatoms. The summed E-state index contributed by atoms with van der Waals surface area (Å²) in [5.74, 6) is -0.465. The van der Waals surface area contributed by atoms with E-state index in [9.17, 15) is 14.4 Å². The van der Waals surface area contributed by atoms with Gasteiger partial charge in [-0.2, -0.15) is 0 Å². The van der Waals surface area contributed by atoms with E-state index in [0.717, 1.165) is 11.4 Å². The van der Waals surface area contributed by atoms with Gasteiger partial charge in [0.25, 0.3) is 5.56 Å². The topological polar surface area (TPSA) is 83.2 Å². The Morgan fingerprint density at radius 3 is 2.81 bits per heavy atom. The fraction of sp³-hybridized carbons (Fsp3) is 0.333. The third kappa shape index (κ3) is 3.32. The van der Waals surface area contributed by atoms with Crippen molar-refractivity contribution in [2.75, 3.05) is 7.11 Å². The van der Waals surface area contributed by atoms with Crippen molar-refractivity contribution >= 4 is 33.3 Å². The van der Waals surface area contributed by atoms with Gasteiger partial charge in [-0.25, -0.2) is 4.98 Å². The molecule has 0 fully saturated rings. The number of ketones is 1. The van der Waals surface area contributed by atoms with Crippen LogP contribution in [-0.4, -0.2) is 33.0 Å². The Morgan fingerprint density at radius 1 is 1.31 bits per heavy atom. The van der Waals surface area contributed by atoms with Crippen molar-refractivity contribution in [3.63, 3.8) is 0 Å². The van der Waals surface area contributed by atoms with Gasteiger partial charge in [-0.05, 0) is 31.4 Å². The number of nitrogens with zero attached hydrogens (tertiary/aromatic N) is 3. The summed E-state index contributed by atoms with van der Waals surface area (Å²) in [6.45, 7) is 4.09. The molecule has 0 saturated heterocycles. The smallest absolute Gasteiger partial charge is 0.307 e. The first-order chi connectivity index (χ1) is 12.4. The number of fused-ring (bicyclic) bond motifs is 1. The summed E-state index contributed by atoms with van der Waals surface area (Å²) in [5, 5.41) is 2.33. The van der Waals surface area contributed by atoms with E-state index in [1.807, 2.05) is 18.4 Å². The second-order valence-corrected chi connectivity index (χ2v) is 6.90. The number of aromatic nitrogens is 3. The van der Waals surface area contributed by atoms with Gasteiger partial charge in [0.15, 0.2) is 5.78 Å². The number of hydrogen-bond acceptors (Lipinski definition) is 6. The molecular weight excluding hydrogens is 354 g/mol. The van der Waals surface area contributed by atoms with Gasteiger partial charge in [0.05, 0.1) is 31.8 Å². The average molecular weight is 373 g/mol. The van der Waals surface area contributed by atoms with Crippen LogP contribution in [-0.2, 0) is 22.6 Å². The highest BCUT2D eigenvalue weighted by Gasteiger charge is 2.18. The Bertz CT molecular complexity index is 1040. The number of hydrogen-bond donors (Lipinski definition) is 0. The molecule has 3 rings (SSSR count). The SMILES string of the molecule is COC(=O)CCn1c(C)cc(C(=O)Cn2cnc3sccc3c2=O)c1C. The molecule has 0 N–H and O–H groups in total. The lowest BCUT2D eigenvalue weighted by atomic mass is 10.1. The van der Waals surface area contributed by atoms with Crippen molar-refractivity contribution in [1.29, 1.82) is 0 Å². The lowest BCUT2D eigenvalue weighted by Gasteiger charge is -2.09. The molecule has 0 aliphatic carbocycles. The first-order valence-corrected chi connectivity index (χ1v) is 8.99. The van der Waals surface area contributed by atoms with E-state index < -0.39 is 0 Å². The number of carbonyl (C=O) groups excluding carboxylic acids is 2. The highest BCUT2D eigenvalue weighted by molar-refractivity contribution is 7.16. The van der Waals surface area contributed by atoms with Crippen LogP contribution in [0.15, 0.2) is 28.6 Å². The Hall–Kier alpha value is -2.74. The first-order valence-electron chi connectivity index (χ1n) is 8.11. The minimum Gasteiger partial charge on any atom is -0.469 e. The first kappa shape index (κ1) is 18.1. The summed E-state index contributed by atoms with van der Waals surface area (Å²) >= 11 is 1.39.